The average Bonchev–Trinajstić information content (AvgIpc) is 3.09. The molecule has 0 aliphatic carbocycles. The van der Waals surface area contributed by atoms with Gasteiger partial charge in [-0.3, -0.25) is 0 Å². The van der Waals surface area contributed by atoms with E-state index in [1.807, 2.05) is 12.1 Å². The number of nitrogens with two attached hydrogens (primary N) is 1. The number of hydrogen-bond donors (Lipinski definition) is 2. The normalized spacial score (nSPS) is 18.7. The van der Waals surface area contributed by atoms with E-state index in [-0.39, 0.29) is 12.2 Å². The van der Waals surface area contributed by atoms with Crippen LogP contribution in [0.15, 0.2) is 48.5 Å². The minimum absolute atomic E-state index is 0.201. The highest BCUT2D eigenvalue weighted by Gasteiger charge is 2.32. The third-order valence-electron chi connectivity index (χ3n) is 7.05. The molecule has 3 N–H and O–H groups in total. The van der Waals surface area contributed by atoms with Crippen LogP contribution in [0.3, 0.4) is 0 Å². The van der Waals surface area contributed by atoms with E-state index in [4.69, 9.17) is 20.7 Å². The number of likely N-dealkylation sites (tertiary alicyclic amines) is 1. The summed E-state index contributed by atoms with van der Waals surface area (Å²) in [5.74, 6) is 6.55. The Morgan fingerprint density at radius 3 is 2.53 bits per heavy atom. The van der Waals surface area contributed by atoms with Gasteiger partial charge in [-0.2, -0.15) is 0 Å². The number of imidazole rings is 1. The Hall–Kier alpha value is -3.20. The molecular weight excluding hydrogens is 430 g/mol. The first-order chi connectivity index (χ1) is 16.4. The average molecular weight is 462 g/mol. The molecule has 8 nitrogen and oxygen atoms in total. The third kappa shape index (κ3) is 4.20. The molecule has 0 spiro atoms. The van der Waals surface area contributed by atoms with Crippen molar-refractivity contribution < 1.29 is 14.6 Å². The van der Waals surface area contributed by atoms with Crippen LogP contribution in [0.2, 0.25) is 0 Å². The molecule has 2 aromatic carbocycles. The quantitative estimate of drug-likeness (QED) is 0.347. The van der Waals surface area contributed by atoms with E-state index < -0.39 is 6.09 Å². The van der Waals surface area contributed by atoms with Crippen molar-refractivity contribution in [3.63, 3.8) is 0 Å². The van der Waals surface area contributed by atoms with E-state index in [0.717, 1.165) is 61.7 Å². The van der Waals surface area contributed by atoms with E-state index in [1.165, 1.54) is 11.1 Å². The SMILES string of the molecule is Cc1c(-c2ccc(N(N)C(=O)O)cc2)nc2n1CCc1ccccc1C2OC1CCN(C)CC1. The second kappa shape index (κ2) is 9.21. The van der Waals surface area contributed by atoms with Gasteiger partial charge in [0.15, 0.2) is 0 Å². The predicted molar refractivity (Wildman–Crippen MR) is 131 cm³/mol. The molecule has 34 heavy (non-hydrogen) atoms. The molecule has 8 heteroatoms. The molecule has 2 aliphatic heterocycles. The van der Waals surface area contributed by atoms with Gasteiger partial charge in [0, 0.05) is 30.9 Å². The maximum atomic E-state index is 11.2. The van der Waals surface area contributed by atoms with Crippen molar-refractivity contribution in [1.29, 1.82) is 0 Å². The number of hydrogen-bond acceptors (Lipinski definition) is 5. The number of nitrogens with zero attached hydrogens (tertiary/aromatic N) is 4. The number of piperidine rings is 1. The summed E-state index contributed by atoms with van der Waals surface area (Å²) >= 11 is 0. The van der Waals surface area contributed by atoms with Gasteiger partial charge in [0.05, 0.1) is 17.5 Å². The second-order valence-corrected chi connectivity index (χ2v) is 9.22. The standard InChI is InChI=1S/C26H31N5O3/c1-17-23(19-7-9-20(10-8-19)31(27)26(32)33)28-25-24(34-21-12-14-29(2)15-13-21)22-6-4-3-5-18(22)11-16-30(17)25/h3-10,21,24H,11-16,27H2,1-2H3,(H,32,33). The van der Waals surface area contributed by atoms with Crippen LogP contribution in [0.5, 0.6) is 0 Å². The van der Waals surface area contributed by atoms with Crippen molar-refractivity contribution in [2.75, 3.05) is 25.1 Å². The number of hydrazine groups is 1. The van der Waals surface area contributed by atoms with E-state index in [1.54, 1.807) is 12.1 Å². The van der Waals surface area contributed by atoms with Gasteiger partial charge in [-0.1, -0.05) is 36.4 Å². The fraction of sp³-hybridized carbons (Fsp3) is 0.385. The summed E-state index contributed by atoms with van der Waals surface area (Å²) in [6, 6.07) is 15.7. The molecule has 1 saturated heterocycles. The zero-order valence-electron chi connectivity index (χ0n) is 19.6. The van der Waals surface area contributed by atoms with Gasteiger partial charge >= 0.3 is 6.09 Å². The lowest BCUT2D eigenvalue weighted by atomic mass is 10.00. The molecule has 0 radical (unpaired) electrons. The molecule has 2 aliphatic rings. The van der Waals surface area contributed by atoms with Crippen LogP contribution in [0.1, 0.15) is 41.6 Å². The van der Waals surface area contributed by atoms with Crippen molar-refractivity contribution in [1.82, 2.24) is 14.5 Å². The van der Waals surface area contributed by atoms with E-state index >= 15 is 0 Å². The van der Waals surface area contributed by atoms with Gasteiger partial charge in [0.2, 0.25) is 0 Å². The zero-order chi connectivity index (χ0) is 23.8. The van der Waals surface area contributed by atoms with Crippen LogP contribution in [0.25, 0.3) is 11.3 Å². The summed E-state index contributed by atoms with van der Waals surface area (Å²) in [4.78, 5) is 18.6. The molecular formula is C26H31N5O3. The maximum Gasteiger partial charge on any atom is 0.426 e. The molecule has 1 aromatic heterocycles. The van der Waals surface area contributed by atoms with Gasteiger partial charge in [-0.25, -0.2) is 20.6 Å². The highest BCUT2D eigenvalue weighted by atomic mass is 16.5. The molecule has 0 saturated carbocycles. The second-order valence-electron chi connectivity index (χ2n) is 9.22. The van der Waals surface area contributed by atoms with Crippen molar-refractivity contribution in [3.05, 3.63) is 71.2 Å². The number of rotatable bonds is 4. The monoisotopic (exact) mass is 461 g/mol. The first kappa shape index (κ1) is 22.6. The fourth-order valence-corrected chi connectivity index (χ4v) is 5.04. The summed E-state index contributed by atoms with van der Waals surface area (Å²) in [7, 11) is 2.16. The molecule has 1 atom stereocenters. The Morgan fingerprint density at radius 1 is 1.12 bits per heavy atom. The van der Waals surface area contributed by atoms with Crippen molar-refractivity contribution in [3.8, 4) is 11.3 Å². The summed E-state index contributed by atoms with van der Waals surface area (Å²) in [6.45, 7) is 5.01. The molecule has 5 rings (SSSR count). The fourth-order valence-electron chi connectivity index (χ4n) is 5.04. The van der Waals surface area contributed by atoms with Gasteiger partial charge in [-0.15, -0.1) is 0 Å². The molecule has 3 heterocycles. The van der Waals surface area contributed by atoms with Crippen LogP contribution in [0.4, 0.5) is 10.5 Å². The molecule has 0 bridgehead atoms. The Labute approximate surface area is 199 Å². The van der Waals surface area contributed by atoms with Crippen LogP contribution in [-0.2, 0) is 17.7 Å². The zero-order valence-corrected chi connectivity index (χ0v) is 19.6. The Morgan fingerprint density at radius 2 is 1.82 bits per heavy atom. The number of fused-ring (bicyclic) bond motifs is 2. The number of anilines is 1. The first-order valence-corrected chi connectivity index (χ1v) is 11.8. The topological polar surface area (TPSA) is 96.8 Å². The summed E-state index contributed by atoms with van der Waals surface area (Å²) < 4.78 is 9.08. The third-order valence-corrected chi connectivity index (χ3v) is 7.05. The Bertz CT molecular complexity index is 1180. The van der Waals surface area contributed by atoms with Crippen LogP contribution < -0.4 is 10.9 Å². The number of ether oxygens (including phenoxy) is 1. The number of aromatic nitrogens is 2. The predicted octanol–water partition coefficient (Wildman–Crippen LogP) is 3.97. The lowest BCUT2D eigenvalue weighted by Gasteiger charge is -2.32. The number of benzene rings is 2. The van der Waals surface area contributed by atoms with Gasteiger partial charge < -0.3 is 19.3 Å². The number of carbonyl (C=O) groups is 1. The lowest BCUT2D eigenvalue weighted by molar-refractivity contribution is -0.0276. The maximum absolute atomic E-state index is 11.2. The smallest absolute Gasteiger partial charge is 0.426 e. The highest BCUT2D eigenvalue weighted by molar-refractivity contribution is 5.85. The molecule has 178 valence electrons. The van der Waals surface area contributed by atoms with E-state index in [9.17, 15) is 4.79 Å². The van der Waals surface area contributed by atoms with Gasteiger partial charge in [0.1, 0.15) is 11.9 Å². The molecule has 1 amide bonds. The molecule has 1 fully saturated rings. The van der Waals surface area contributed by atoms with Gasteiger partial charge in [0.25, 0.3) is 0 Å². The summed E-state index contributed by atoms with van der Waals surface area (Å²) in [5, 5.41) is 9.84. The van der Waals surface area contributed by atoms with Crippen LogP contribution >= 0.6 is 0 Å². The van der Waals surface area contributed by atoms with Crippen molar-refractivity contribution >= 4 is 11.8 Å². The summed E-state index contributed by atoms with van der Waals surface area (Å²) in [5.41, 5.74) is 5.81. The molecule has 3 aromatic rings. The van der Waals surface area contributed by atoms with Crippen LogP contribution in [-0.4, -0.2) is 51.9 Å². The van der Waals surface area contributed by atoms with E-state index in [0.29, 0.717) is 10.7 Å². The van der Waals surface area contributed by atoms with Gasteiger partial charge in [-0.05, 0) is 56.5 Å². The summed E-state index contributed by atoms with van der Waals surface area (Å²) in [6.07, 6.45) is 1.74. The first-order valence-electron chi connectivity index (χ1n) is 11.8. The Kier molecular flexibility index (Phi) is 6.12. The Balaban J connectivity index is 1.52. The molecule has 1 unspecified atom stereocenters. The van der Waals surface area contributed by atoms with Crippen LogP contribution in [0, 0.1) is 6.92 Å². The van der Waals surface area contributed by atoms with E-state index in [2.05, 4.69) is 47.7 Å². The lowest BCUT2D eigenvalue weighted by Crippen LogP contribution is -2.35. The number of aryl methyl sites for hydroxylation is 1. The van der Waals surface area contributed by atoms with Crippen molar-refractivity contribution in [2.45, 2.75) is 44.9 Å². The van der Waals surface area contributed by atoms with Crippen molar-refractivity contribution in [2.24, 2.45) is 5.84 Å². The minimum Gasteiger partial charge on any atom is -0.464 e. The minimum atomic E-state index is -1.20. The largest absolute Gasteiger partial charge is 0.464 e. The number of carboxylic acid groups (broad SMARTS) is 1. The number of amides is 1. The highest BCUT2D eigenvalue weighted by Crippen LogP contribution is 2.37.